The van der Waals surface area contributed by atoms with E-state index in [1.807, 2.05) is 72.8 Å². The van der Waals surface area contributed by atoms with E-state index in [0.717, 1.165) is 98.4 Å². The molecule has 0 amide bonds. The molecule has 0 aliphatic carbocycles. The Balaban J connectivity index is 1.57. The van der Waals surface area contributed by atoms with Crippen molar-refractivity contribution in [1.82, 2.24) is 8.80 Å². The Morgan fingerprint density at radius 1 is 0.341 bits per heavy atom. The molecule has 0 bridgehead atoms. The van der Waals surface area contributed by atoms with Crippen LogP contribution in [0.2, 0.25) is 0 Å². The summed E-state index contributed by atoms with van der Waals surface area (Å²) < 4.78 is 39.8. The van der Waals surface area contributed by atoms with Gasteiger partial charge in [-0.3, -0.25) is 0 Å². The van der Waals surface area contributed by atoms with Gasteiger partial charge in [-0.1, -0.05) is 133 Å². The van der Waals surface area contributed by atoms with Crippen molar-refractivity contribution in [2.75, 3.05) is 0 Å². The highest BCUT2D eigenvalue weighted by molar-refractivity contribution is 6.37. The maximum Gasteiger partial charge on any atom is 0.0634 e. The highest BCUT2D eigenvalue weighted by atomic mass is 14.9. The molecule has 0 saturated heterocycles. The summed E-state index contributed by atoms with van der Waals surface area (Å²) in [5, 5.41) is 8.06. The van der Waals surface area contributed by atoms with Gasteiger partial charge in [0.25, 0.3) is 0 Å². The van der Waals surface area contributed by atoms with E-state index in [9.17, 15) is 0 Å². The fraction of sp³-hybridized carbons (Fsp3) is 0. The van der Waals surface area contributed by atoms with Crippen molar-refractivity contribution in [1.29, 1.82) is 0 Å². The molecule has 0 unspecified atom stereocenters. The molecule has 4 heterocycles. The largest absolute Gasteiger partial charge is 0.307 e. The second-order valence-corrected chi connectivity index (χ2v) is 11.7. The van der Waals surface area contributed by atoms with E-state index in [1.54, 1.807) is 0 Å². The number of nitrogens with zero attached hydrogens (tertiary/aromatic N) is 2. The van der Waals surface area contributed by atoms with Crippen molar-refractivity contribution < 1.29 is 5.48 Å². The van der Waals surface area contributed by atoms with Crippen LogP contribution >= 0.6 is 0 Å². The summed E-state index contributed by atoms with van der Waals surface area (Å²) >= 11 is 0. The smallest absolute Gasteiger partial charge is 0.0634 e. The summed E-state index contributed by atoms with van der Waals surface area (Å²) in [7, 11) is 0. The first-order valence-electron chi connectivity index (χ1n) is 16.9. The zero-order valence-corrected chi connectivity index (χ0v) is 23.4. The molecular weight excluding hydrogens is 532 g/mol. The van der Waals surface area contributed by atoms with Crippen molar-refractivity contribution in [3.63, 3.8) is 0 Å². The maximum absolute atomic E-state index is 9.02. The second kappa shape index (κ2) is 7.94. The van der Waals surface area contributed by atoms with Gasteiger partial charge in [0, 0.05) is 54.2 Å². The SMILES string of the molecule is [2H]c1ccc2c(c1)c1cc([2H])cc3c4c(-c5ccccc5)c5c(c(-c6ccccc6)c4n2c13)c1cc([2H])cc2c3cc([2H])ccc3n5c21. The molecule has 7 aromatic carbocycles. The van der Waals surface area contributed by atoms with Crippen molar-refractivity contribution in [3.05, 3.63) is 145 Å². The van der Waals surface area contributed by atoms with Crippen LogP contribution in [-0.2, 0) is 0 Å². The lowest BCUT2D eigenvalue weighted by Gasteiger charge is -2.15. The Morgan fingerprint density at radius 2 is 0.750 bits per heavy atom. The van der Waals surface area contributed by atoms with E-state index in [0.29, 0.717) is 24.2 Å². The second-order valence-electron chi connectivity index (χ2n) is 11.7. The Morgan fingerprint density at radius 3 is 1.20 bits per heavy atom. The van der Waals surface area contributed by atoms with Gasteiger partial charge in [-0.15, -0.1) is 0 Å². The van der Waals surface area contributed by atoms with Crippen LogP contribution < -0.4 is 0 Å². The third kappa shape index (κ3) is 2.56. The first-order valence-corrected chi connectivity index (χ1v) is 14.9. The van der Waals surface area contributed by atoms with Crippen LogP contribution in [0.25, 0.3) is 98.4 Å². The minimum Gasteiger partial charge on any atom is -0.307 e. The molecule has 0 aliphatic heterocycles. The molecular formula is C42H24N2. The van der Waals surface area contributed by atoms with Gasteiger partial charge < -0.3 is 8.80 Å². The zero-order chi connectivity index (χ0) is 32.0. The van der Waals surface area contributed by atoms with Crippen molar-refractivity contribution in [3.8, 4) is 22.3 Å². The number of rotatable bonds is 2. The number of para-hydroxylation sites is 4. The van der Waals surface area contributed by atoms with E-state index in [2.05, 4.69) is 57.3 Å². The lowest BCUT2D eigenvalue weighted by Crippen LogP contribution is -1.93. The highest BCUT2D eigenvalue weighted by Crippen LogP contribution is 2.53. The van der Waals surface area contributed by atoms with E-state index >= 15 is 0 Å². The quantitative estimate of drug-likeness (QED) is 0.199. The zero-order valence-electron chi connectivity index (χ0n) is 27.4. The predicted octanol–water partition coefficient (Wildman–Crippen LogP) is 11.3. The number of hydrogen-bond donors (Lipinski definition) is 0. The molecule has 202 valence electrons. The van der Waals surface area contributed by atoms with Crippen LogP contribution in [0.3, 0.4) is 0 Å². The summed E-state index contributed by atoms with van der Waals surface area (Å²) in [5.41, 5.74) is 10.5. The highest BCUT2D eigenvalue weighted by Gasteiger charge is 2.29. The lowest BCUT2D eigenvalue weighted by atomic mass is 9.89. The summed E-state index contributed by atoms with van der Waals surface area (Å²) in [6, 6.07) is 42.3. The standard InChI is InChI=1S/C42H24N2/c1-3-13-25(14-4-1)35-37-31-21-11-19-29-28-18-8-10-24-34(28)44(39(29)31)42(37)36(26-15-5-2-6-16-26)38-32-22-12-20-30-27-17-7-9-23-33(27)43(40(30)32)41(35)38/h1-24H/i7D,8D,11D,12D. The molecule has 11 aromatic rings. The van der Waals surface area contributed by atoms with Crippen molar-refractivity contribution >= 4 is 76.2 Å². The first kappa shape index (κ1) is 19.4. The van der Waals surface area contributed by atoms with Gasteiger partial charge >= 0.3 is 0 Å². The maximum atomic E-state index is 9.02. The Labute approximate surface area is 257 Å². The fourth-order valence-corrected chi connectivity index (χ4v) is 8.09. The summed E-state index contributed by atoms with van der Waals surface area (Å²) in [5.74, 6) is 0. The molecule has 2 nitrogen and oxygen atoms in total. The number of benzene rings is 7. The van der Waals surface area contributed by atoms with Gasteiger partial charge in [0.05, 0.1) is 38.6 Å². The van der Waals surface area contributed by atoms with E-state index in [-0.39, 0.29) is 0 Å². The van der Waals surface area contributed by atoms with Gasteiger partial charge in [-0.25, -0.2) is 0 Å². The Hall–Kier alpha value is -5.86. The van der Waals surface area contributed by atoms with E-state index in [1.165, 1.54) is 0 Å². The molecule has 2 heteroatoms. The fourth-order valence-electron chi connectivity index (χ4n) is 8.09. The molecule has 0 saturated carbocycles. The van der Waals surface area contributed by atoms with E-state index < -0.39 is 0 Å². The Kier molecular flexibility index (Phi) is 3.49. The topological polar surface area (TPSA) is 8.82 Å². The molecule has 44 heavy (non-hydrogen) atoms. The van der Waals surface area contributed by atoms with Crippen LogP contribution in [-0.4, -0.2) is 8.80 Å². The van der Waals surface area contributed by atoms with Crippen LogP contribution in [0.4, 0.5) is 0 Å². The lowest BCUT2D eigenvalue weighted by molar-refractivity contribution is 1.36. The average molecular weight is 561 g/mol. The average Bonchev–Trinajstić information content (AvgIpc) is 3.80. The minimum atomic E-state index is 0.430. The summed E-state index contributed by atoms with van der Waals surface area (Å²) in [4.78, 5) is 0. The van der Waals surface area contributed by atoms with Gasteiger partial charge in [-0.05, 0) is 23.3 Å². The molecule has 4 aromatic heterocycles. The van der Waals surface area contributed by atoms with Crippen LogP contribution in [0.5, 0.6) is 0 Å². The van der Waals surface area contributed by atoms with Gasteiger partial charge in [-0.2, -0.15) is 0 Å². The van der Waals surface area contributed by atoms with Crippen LogP contribution in [0, 0.1) is 0 Å². The van der Waals surface area contributed by atoms with Crippen molar-refractivity contribution in [2.24, 2.45) is 0 Å². The normalized spacial score (nSPS) is 13.8. The van der Waals surface area contributed by atoms with Crippen molar-refractivity contribution in [2.45, 2.75) is 0 Å². The monoisotopic (exact) mass is 560 g/mol. The van der Waals surface area contributed by atoms with Crippen LogP contribution in [0.15, 0.2) is 145 Å². The molecule has 0 aliphatic rings. The van der Waals surface area contributed by atoms with Gasteiger partial charge in [0.2, 0.25) is 0 Å². The molecule has 0 N–H and O–H groups in total. The molecule has 0 fully saturated rings. The first-order chi connectivity index (χ1) is 23.5. The number of fused-ring (bicyclic) bond motifs is 12. The minimum absolute atomic E-state index is 0.430. The van der Waals surface area contributed by atoms with E-state index in [4.69, 9.17) is 5.48 Å². The van der Waals surface area contributed by atoms with Gasteiger partial charge in [0.1, 0.15) is 0 Å². The molecule has 0 atom stereocenters. The van der Waals surface area contributed by atoms with Crippen LogP contribution in [0.1, 0.15) is 5.48 Å². The third-order valence-corrected chi connectivity index (χ3v) is 9.68. The number of aromatic nitrogens is 2. The number of hydrogen-bond acceptors (Lipinski definition) is 0. The summed E-state index contributed by atoms with van der Waals surface area (Å²) in [6.45, 7) is 0. The summed E-state index contributed by atoms with van der Waals surface area (Å²) in [6.07, 6.45) is 0. The molecule has 11 rings (SSSR count). The molecule has 0 spiro atoms. The molecule has 0 radical (unpaired) electrons. The van der Waals surface area contributed by atoms with Gasteiger partial charge in [0.15, 0.2) is 0 Å². The Bertz CT molecular complexity index is 2920. The predicted molar refractivity (Wildman–Crippen MR) is 187 cm³/mol. The third-order valence-electron chi connectivity index (χ3n) is 9.68.